The number of likely N-dealkylation sites (N-methyl/N-ethyl adjacent to an activating group) is 1. The summed E-state index contributed by atoms with van der Waals surface area (Å²) in [5.74, 6) is 0.636. The molecular weight excluding hydrogens is 252 g/mol. The van der Waals surface area contributed by atoms with Crippen LogP contribution in [0.3, 0.4) is 0 Å². The molecule has 0 amide bonds. The quantitative estimate of drug-likeness (QED) is 0.761. The van der Waals surface area contributed by atoms with Gasteiger partial charge in [0, 0.05) is 12.1 Å². The Morgan fingerprint density at radius 1 is 1.50 bits per heavy atom. The minimum atomic E-state index is -0.608. The van der Waals surface area contributed by atoms with E-state index < -0.39 is 5.54 Å². The fourth-order valence-electron chi connectivity index (χ4n) is 3.38. The van der Waals surface area contributed by atoms with E-state index in [4.69, 9.17) is 4.74 Å². The number of carbonyl (C=O) groups is 1. The first-order valence-electron chi connectivity index (χ1n) is 7.83. The molecule has 4 nitrogen and oxygen atoms in total. The minimum absolute atomic E-state index is 0.183. The molecule has 1 fully saturated rings. The molecule has 1 N–H and O–H groups in total. The lowest BCUT2D eigenvalue weighted by molar-refractivity contribution is -0.148. The molecule has 1 rings (SSSR count). The smallest absolute Gasteiger partial charge is 0.325 e. The third-order valence-corrected chi connectivity index (χ3v) is 5.07. The lowest BCUT2D eigenvalue weighted by Gasteiger charge is -2.40. The van der Waals surface area contributed by atoms with Gasteiger partial charge in [0.1, 0.15) is 5.54 Å². The van der Waals surface area contributed by atoms with Gasteiger partial charge in [0.05, 0.1) is 7.11 Å². The van der Waals surface area contributed by atoms with Gasteiger partial charge in [-0.25, -0.2) is 0 Å². The van der Waals surface area contributed by atoms with Crippen LogP contribution in [0.2, 0.25) is 0 Å². The highest BCUT2D eigenvalue weighted by Gasteiger charge is 2.36. The SMILES string of the molecule is CNC(C)(CC(C)N(C)C1CCCC(C)C1)C(=O)OC. The lowest BCUT2D eigenvalue weighted by Crippen LogP contribution is -2.53. The third kappa shape index (κ3) is 4.19. The van der Waals surface area contributed by atoms with Gasteiger partial charge in [0.15, 0.2) is 0 Å². The van der Waals surface area contributed by atoms with Crippen molar-refractivity contribution in [3.8, 4) is 0 Å². The number of nitrogens with zero attached hydrogens (tertiary/aromatic N) is 1. The van der Waals surface area contributed by atoms with E-state index in [0.717, 1.165) is 12.3 Å². The van der Waals surface area contributed by atoms with Crippen LogP contribution in [0.15, 0.2) is 0 Å². The first kappa shape index (κ1) is 17.4. The van der Waals surface area contributed by atoms with E-state index in [1.54, 1.807) is 0 Å². The molecule has 1 saturated carbocycles. The summed E-state index contributed by atoms with van der Waals surface area (Å²) in [4.78, 5) is 14.4. The zero-order valence-corrected chi connectivity index (χ0v) is 14.0. The molecule has 4 atom stereocenters. The summed E-state index contributed by atoms with van der Waals surface area (Å²) in [6.07, 6.45) is 5.99. The standard InChI is InChI=1S/C16H32N2O2/c1-12-8-7-9-14(10-12)18(5)13(2)11-16(3,17-4)15(19)20-6/h12-14,17H,7-11H2,1-6H3. The van der Waals surface area contributed by atoms with Crippen LogP contribution in [-0.4, -0.2) is 49.7 Å². The molecular formula is C16H32N2O2. The maximum Gasteiger partial charge on any atom is 0.325 e. The number of hydrogen-bond donors (Lipinski definition) is 1. The summed E-state index contributed by atoms with van der Waals surface area (Å²) in [7, 11) is 5.47. The molecule has 20 heavy (non-hydrogen) atoms. The summed E-state index contributed by atoms with van der Waals surface area (Å²) >= 11 is 0. The normalized spacial score (nSPS) is 27.9. The molecule has 0 radical (unpaired) electrons. The first-order valence-corrected chi connectivity index (χ1v) is 7.83. The van der Waals surface area contributed by atoms with Crippen LogP contribution >= 0.6 is 0 Å². The summed E-state index contributed by atoms with van der Waals surface area (Å²) in [6, 6.07) is 0.995. The molecule has 4 unspecified atom stereocenters. The van der Waals surface area contributed by atoms with Crippen molar-refractivity contribution in [2.45, 2.75) is 70.5 Å². The van der Waals surface area contributed by atoms with Crippen LogP contribution in [0.25, 0.3) is 0 Å². The average Bonchev–Trinajstić information content (AvgIpc) is 2.45. The minimum Gasteiger partial charge on any atom is -0.468 e. The summed E-state index contributed by atoms with van der Waals surface area (Å²) < 4.78 is 4.93. The maximum atomic E-state index is 11.9. The van der Waals surface area contributed by atoms with Crippen molar-refractivity contribution in [3.05, 3.63) is 0 Å². The predicted molar refractivity (Wildman–Crippen MR) is 82.7 cm³/mol. The Morgan fingerprint density at radius 2 is 2.15 bits per heavy atom. The Balaban J connectivity index is 2.64. The molecule has 1 aliphatic rings. The second-order valence-electron chi connectivity index (χ2n) is 6.72. The van der Waals surface area contributed by atoms with Gasteiger partial charge in [-0.3, -0.25) is 4.79 Å². The summed E-state index contributed by atoms with van der Waals surface area (Å²) in [5, 5.41) is 3.13. The molecule has 0 spiro atoms. The van der Waals surface area contributed by atoms with Crippen LogP contribution in [0.4, 0.5) is 0 Å². The van der Waals surface area contributed by atoms with E-state index in [1.165, 1.54) is 32.8 Å². The van der Waals surface area contributed by atoms with Gasteiger partial charge in [-0.1, -0.05) is 19.8 Å². The lowest BCUT2D eigenvalue weighted by atomic mass is 9.85. The van der Waals surface area contributed by atoms with Crippen LogP contribution < -0.4 is 5.32 Å². The molecule has 0 saturated heterocycles. The average molecular weight is 284 g/mol. The Labute approximate surface area is 124 Å². The molecule has 0 aromatic heterocycles. The van der Waals surface area contributed by atoms with E-state index >= 15 is 0 Å². The van der Waals surface area contributed by atoms with Crippen molar-refractivity contribution in [2.24, 2.45) is 5.92 Å². The zero-order valence-electron chi connectivity index (χ0n) is 14.0. The second kappa shape index (κ2) is 7.41. The fraction of sp³-hybridized carbons (Fsp3) is 0.938. The molecule has 0 bridgehead atoms. The Morgan fingerprint density at radius 3 is 2.65 bits per heavy atom. The van der Waals surface area contributed by atoms with Gasteiger partial charge < -0.3 is 15.0 Å². The molecule has 1 aliphatic carbocycles. The topological polar surface area (TPSA) is 41.6 Å². The van der Waals surface area contributed by atoms with Crippen molar-refractivity contribution >= 4 is 5.97 Å². The highest BCUT2D eigenvalue weighted by atomic mass is 16.5. The monoisotopic (exact) mass is 284 g/mol. The molecule has 4 heteroatoms. The van der Waals surface area contributed by atoms with Gasteiger partial charge in [-0.15, -0.1) is 0 Å². The van der Waals surface area contributed by atoms with E-state index in [-0.39, 0.29) is 5.97 Å². The fourth-order valence-corrected chi connectivity index (χ4v) is 3.38. The Hall–Kier alpha value is -0.610. The Bertz CT molecular complexity index is 322. The van der Waals surface area contributed by atoms with Crippen LogP contribution in [0.5, 0.6) is 0 Å². The molecule has 0 aromatic carbocycles. The molecule has 118 valence electrons. The van der Waals surface area contributed by atoms with E-state index in [1.807, 2.05) is 14.0 Å². The summed E-state index contributed by atoms with van der Waals surface area (Å²) in [6.45, 7) is 6.47. The molecule has 0 heterocycles. The first-order chi connectivity index (χ1) is 9.34. The number of esters is 1. The maximum absolute atomic E-state index is 11.9. The highest BCUT2D eigenvalue weighted by Crippen LogP contribution is 2.29. The number of nitrogens with one attached hydrogen (secondary N) is 1. The van der Waals surface area contributed by atoms with E-state index in [0.29, 0.717) is 12.1 Å². The largest absolute Gasteiger partial charge is 0.468 e. The van der Waals surface area contributed by atoms with Gasteiger partial charge in [-0.2, -0.15) is 0 Å². The number of ether oxygens (including phenoxy) is 1. The molecule has 0 aliphatic heterocycles. The Kier molecular flexibility index (Phi) is 6.46. The van der Waals surface area contributed by atoms with Gasteiger partial charge in [-0.05, 0) is 53.1 Å². The van der Waals surface area contributed by atoms with Crippen molar-refractivity contribution < 1.29 is 9.53 Å². The van der Waals surface area contributed by atoms with E-state index in [2.05, 4.69) is 31.1 Å². The van der Waals surface area contributed by atoms with Gasteiger partial charge >= 0.3 is 5.97 Å². The second-order valence-corrected chi connectivity index (χ2v) is 6.72. The van der Waals surface area contributed by atoms with Crippen LogP contribution in [0, 0.1) is 5.92 Å². The van der Waals surface area contributed by atoms with E-state index in [9.17, 15) is 4.79 Å². The van der Waals surface area contributed by atoms with Crippen molar-refractivity contribution in [2.75, 3.05) is 21.2 Å². The predicted octanol–water partition coefficient (Wildman–Crippen LogP) is 2.43. The number of rotatable bonds is 6. The zero-order chi connectivity index (χ0) is 15.3. The van der Waals surface area contributed by atoms with Crippen molar-refractivity contribution in [3.63, 3.8) is 0 Å². The van der Waals surface area contributed by atoms with Crippen LogP contribution in [0.1, 0.15) is 52.9 Å². The van der Waals surface area contributed by atoms with Crippen molar-refractivity contribution in [1.82, 2.24) is 10.2 Å². The van der Waals surface area contributed by atoms with Crippen LogP contribution in [-0.2, 0) is 9.53 Å². The number of carbonyl (C=O) groups excluding carboxylic acids is 1. The number of hydrogen-bond acceptors (Lipinski definition) is 4. The van der Waals surface area contributed by atoms with Gasteiger partial charge in [0.2, 0.25) is 0 Å². The number of methoxy groups -OCH3 is 1. The van der Waals surface area contributed by atoms with Crippen molar-refractivity contribution in [1.29, 1.82) is 0 Å². The van der Waals surface area contributed by atoms with Gasteiger partial charge in [0.25, 0.3) is 0 Å². The molecule has 0 aromatic rings. The third-order valence-electron chi connectivity index (χ3n) is 5.07. The highest BCUT2D eigenvalue weighted by molar-refractivity contribution is 5.80. The summed E-state index contributed by atoms with van der Waals surface area (Å²) in [5.41, 5.74) is -0.608.